The number of esters is 1. The van der Waals surface area contributed by atoms with Gasteiger partial charge in [-0.25, -0.2) is 8.42 Å². The molecular weight excluding hydrogens is 346 g/mol. The van der Waals surface area contributed by atoms with Gasteiger partial charge in [0.25, 0.3) is 0 Å². The zero-order valence-electron chi connectivity index (χ0n) is 14.6. The molecule has 1 aliphatic heterocycles. The van der Waals surface area contributed by atoms with Crippen molar-refractivity contribution in [1.29, 1.82) is 0 Å². The molecule has 0 amide bonds. The first-order chi connectivity index (χ1) is 11.9. The van der Waals surface area contributed by atoms with Crippen LogP contribution in [-0.4, -0.2) is 53.1 Å². The SMILES string of the molecule is COC(=O)C1CC12CCN(S(=O)(=O)c1cc(OC)ccc1OC)CC2. The van der Waals surface area contributed by atoms with Crippen LogP contribution in [0.1, 0.15) is 19.3 Å². The number of rotatable bonds is 5. The van der Waals surface area contributed by atoms with E-state index in [4.69, 9.17) is 14.2 Å². The molecule has 138 valence electrons. The molecule has 25 heavy (non-hydrogen) atoms. The van der Waals surface area contributed by atoms with Gasteiger partial charge >= 0.3 is 5.97 Å². The van der Waals surface area contributed by atoms with Crippen molar-refractivity contribution in [1.82, 2.24) is 4.31 Å². The Hall–Kier alpha value is -1.80. The highest BCUT2D eigenvalue weighted by molar-refractivity contribution is 7.89. The van der Waals surface area contributed by atoms with E-state index in [1.165, 1.54) is 31.7 Å². The van der Waals surface area contributed by atoms with Gasteiger partial charge in [0.1, 0.15) is 16.4 Å². The lowest BCUT2D eigenvalue weighted by atomic mass is 9.92. The van der Waals surface area contributed by atoms with E-state index in [-0.39, 0.29) is 22.2 Å². The third kappa shape index (κ3) is 3.08. The average molecular weight is 369 g/mol. The van der Waals surface area contributed by atoms with E-state index in [1.807, 2.05) is 0 Å². The normalized spacial score (nSPS) is 22.4. The Bertz CT molecular complexity index is 767. The number of sulfonamides is 1. The molecule has 1 spiro atoms. The quantitative estimate of drug-likeness (QED) is 0.735. The fraction of sp³-hybridized carbons (Fsp3) is 0.588. The zero-order chi connectivity index (χ0) is 18.2. The molecule has 8 heteroatoms. The van der Waals surface area contributed by atoms with Gasteiger partial charge in [-0.3, -0.25) is 4.79 Å². The molecule has 0 aromatic heterocycles. The summed E-state index contributed by atoms with van der Waals surface area (Å²) in [6.45, 7) is 0.770. The first-order valence-corrected chi connectivity index (χ1v) is 9.62. The minimum Gasteiger partial charge on any atom is -0.497 e. The number of benzene rings is 1. The minimum atomic E-state index is -3.69. The predicted octanol–water partition coefficient (Wildman–Crippen LogP) is 1.67. The van der Waals surface area contributed by atoms with Crippen LogP contribution in [0.25, 0.3) is 0 Å². The lowest BCUT2D eigenvalue weighted by Crippen LogP contribution is -2.40. The second-order valence-corrected chi connectivity index (χ2v) is 8.47. The molecule has 1 aromatic rings. The number of carbonyl (C=O) groups excluding carboxylic acids is 1. The summed E-state index contributed by atoms with van der Waals surface area (Å²) in [6, 6.07) is 4.73. The molecule has 0 bridgehead atoms. The molecule has 2 aliphatic rings. The Kier molecular flexibility index (Phi) is 4.68. The van der Waals surface area contributed by atoms with Crippen molar-refractivity contribution in [3.05, 3.63) is 18.2 Å². The molecule has 7 nitrogen and oxygen atoms in total. The largest absolute Gasteiger partial charge is 0.497 e. The van der Waals surface area contributed by atoms with Crippen molar-refractivity contribution in [3.8, 4) is 11.5 Å². The summed E-state index contributed by atoms with van der Waals surface area (Å²) in [4.78, 5) is 11.8. The summed E-state index contributed by atoms with van der Waals surface area (Å²) in [5, 5.41) is 0. The van der Waals surface area contributed by atoms with Crippen molar-refractivity contribution >= 4 is 16.0 Å². The number of carbonyl (C=O) groups is 1. The lowest BCUT2D eigenvalue weighted by molar-refractivity contribution is -0.143. The van der Waals surface area contributed by atoms with Gasteiger partial charge in [0, 0.05) is 19.2 Å². The molecule has 3 rings (SSSR count). The van der Waals surface area contributed by atoms with Crippen molar-refractivity contribution in [3.63, 3.8) is 0 Å². The summed E-state index contributed by atoms with van der Waals surface area (Å²) in [7, 11) is 0.632. The van der Waals surface area contributed by atoms with Crippen LogP contribution < -0.4 is 9.47 Å². The Morgan fingerprint density at radius 2 is 1.84 bits per heavy atom. The van der Waals surface area contributed by atoms with Crippen LogP contribution in [0.4, 0.5) is 0 Å². The van der Waals surface area contributed by atoms with Crippen LogP contribution in [0.3, 0.4) is 0 Å². The second-order valence-electron chi connectivity index (χ2n) is 6.56. The van der Waals surface area contributed by atoms with Crippen LogP contribution in [0.2, 0.25) is 0 Å². The topological polar surface area (TPSA) is 82.1 Å². The number of hydrogen-bond acceptors (Lipinski definition) is 6. The fourth-order valence-corrected chi connectivity index (χ4v) is 5.28. The molecule has 0 N–H and O–H groups in total. The second kappa shape index (κ2) is 6.49. The number of piperidine rings is 1. The highest BCUT2D eigenvalue weighted by Crippen LogP contribution is 2.60. The molecule has 1 saturated carbocycles. The van der Waals surface area contributed by atoms with E-state index in [0.29, 0.717) is 37.4 Å². The maximum atomic E-state index is 13.0. The molecular formula is C17H23NO6S. The standard InChI is InChI=1S/C17H23NO6S/c1-22-12-4-5-14(23-2)15(10-12)25(20,21)18-8-6-17(7-9-18)11-13(17)16(19)24-3/h4-5,10,13H,6-9,11H2,1-3H3. The summed E-state index contributed by atoms with van der Waals surface area (Å²) < 4.78 is 42.7. The minimum absolute atomic E-state index is 0.0857. The Labute approximate surface area is 147 Å². The predicted molar refractivity (Wildman–Crippen MR) is 90.1 cm³/mol. The molecule has 1 atom stereocenters. The van der Waals surface area contributed by atoms with Gasteiger partial charge in [-0.05, 0) is 36.8 Å². The summed E-state index contributed by atoms with van der Waals surface area (Å²) in [6.07, 6.45) is 2.12. The van der Waals surface area contributed by atoms with Crippen molar-refractivity contribution < 1.29 is 27.4 Å². The smallest absolute Gasteiger partial charge is 0.309 e. The van der Waals surface area contributed by atoms with E-state index < -0.39 is 10.0 Å². The van der Waals surface area contributed by atoms with Crippen LogP contribution in [0.15, 0.2) is 23.1 Å². The molecule has 1 unspecified atom stereocenters. The number of ether oxygens (including phenoxy) is 3. The van der Waals surface area contributed by atoms with Crippen LogP contribution in [0.5, 0.6) is 11.5 Å². The highest BCUT2D eigenvalue weighted by Gasteiger charge is 2.60. The first-order valence-electron chi connectivity index (χ1n) is 8.18. The van der Waals surface area contributed by atoms with E-state index in [0.717, 1.165) is 6.42 Å². The Balaban J connectivity index is 1.78. The monoisotopic (exact) mass is 369 g/mol. The first kappa shape index (κ1) is 18.0. The third-order valence-electron chi connectivity index (χ3n) is 5.38. The zero-order valence-corrected chi connectivity index (χ0v) is 15.5. The molecule has 0 radical (unpaired) electrons. The molecule has 2 fully saturated rings. The number of methoxy groups -OCH3 is 3. The van der Waals surface area contributed by atoms with Gasteiger partial charge in [0.2, 0.25) is 10.0 Å². The van der Waals surface area contributed by atoms with E-state index >= 15 is 0 Å². The van der Waals surface area contributed by atoms with Crippen molar-refractivity contribution in [2.75, 3.05) is 34.4 Å². The van der Waals surface area contributed by atoms with Crippen LogP contribution in [-0.2, 0) is 19.6 Å². The van der Waals surface area contributed by atoms with Gasteiger partial charge in [-0.1, -0.05) is 0 Å². The average Bonchev–Trinajstić information content (AvgIpc) is 3.33. The van der Waals surface area contributed by atoms with Gasteiger partial charge in [-0.15, -0.1) is 0 Å². The lowest BCUT2D eigenvalue weighted by Gasteiger charge is -2.32. The van der Waals surface area contributed by atoms with Gasteiger partial charge < -0.3 is 14.2 Å². The molecule has 1 aromatic carbocycles. The third-order valence-corrected chi connectivity index (χ3v) is 7.30. The maximum absolute atomic E-state index is 13.0. The molecule has 1 aliphatic carbocycles. The highest BCUT2D eigenvalue weighted by atomic mass is 32.2. The number of nitrogens with zero attached hydrogens (tertiary/aromatic N) is 1. The van der Waals surface area contributed by atoms with E-state index in [1.54, 1.807) is 12.1 Å². The Morgan fingerprint density at radius 1 is 1.16 bits per heavy atom. The number of hydrogen-bond donors (Lipinski definition) is 0. The van der Waals surface area contributed by atoms with Crippen molar-refractivity contribution in [2.45, 2.75) is 24.2 Å². The molecule has 1 heterocycles. The van der Waals surface area contributed by atoms with Crippen molar-refractivity contribution in [2.24, 2.45) is 11.3 Å². The summed E-state index contributed by atoms with van der Waals surface area (Å²) >= 11 is 0. The van der Waals surface area contributed by atoms with Gasteiger partial charge in [0.05, 0.1) is 27.2 Å². The summed E-state index contributed by atoms with van der Waals surface area (Å²) in [5.74, 6) is 0.472. The van der Waals surface area contributed by atoms with Gasteiger partial charge in [0.15, 0.2) is 0 Å². The molecule has 1 saturated heterocycles. The Morgan fingerprint density at radius 3 is 2.40 bits per heavy atom. The van der Waals surface area contributed by atoms with E-state index in [2.05, 4.69) is 0 Å². The maximum Gasteiger partial charge on any atom is 0.309 e. The van der Waals surface area contributed by atoms with Gasteiger partial charge in [-0.2, -0.15) is 4.31 Å². The van der Waals surface area contributed by atoms with Crippen LogP contribution >= 0.6 is 0 Å². The fourth-order valence-electron chi connectivity index (χ4n) is 3.67. The van der Waals surface area contributed by atoms with E-state index in [9.17, 15) is 13.2 Å². The van der Waals surface area contributed by atoms with Crippen LogP contribution in [0, 0.1) is 11.3 Å². The summed E-state index contributed by atoms with van der Waals surface area (Å²) in [5.41, 5.74) is -0.0857.